The van der Waals surface area contributed by atoms with Gasteiger partial charge in [0.25, 0.3) is 11.7 Å². The van der Waals surface area contributed by atoms with Crippen LogP contribution in [0.15, 0.2) is 97.4 Å². The number of hydrogen-bond donors (Lipinski definition) is 2. The van der Waals surface area contributed by atoms with Crippen LogP contribution in [0.2, 0.25) is 0 Å². The van der Waals surface area contributed by atoms with Crippen molar-refractivity contribution in [3.63, 3.8) is 0 Å². The van der Waals surface area contributed by atoms with Crippen LogP contribution in [0, 0.1) is 6.92 Å². The molecular weight excluding hydrogens is 480 g/mol. The fraction of sp³-hybridized carbons (Fsp3) is 0.200. The zero-order valence-electron chi connectivity index (χ0n) is 21.1. The summed E-state index contributed by atoms with van der Waals surface area (Å²) in [6, 6.07) is 17.7. The smallest absolute Gasteiger partial charge is 0.295 e. The Hall–Kier alpha value is -4.72. The monoisotopic (exact) mass is 509 g/mol. The number of imidazole rings is 1. The van der Waals surface area contributed by atoms with Crippen molar-refractivity contribution in [3.8, 4) is 5.75 Å². The van der Waals surface area contributed by atoms with Crippen molar-refractivity contribution < 1.29 is 24.0 Å². The van der Waals surface area contributed by atoms with Crippen LogP contribution in [0.3, 0.4) is 0 Å². The van der Waals surface area contributed by atoms with E-state index < -0.39 is 17.7 Å². The number of pyridine rings is 1. The molecule has 1 aliphatic heterocycles. The Morgan fingerprint density at radius 1 is 1.08 bits per heavy atom. The molecule has 1 atom stereocenters. The van der Waals surface area contributed by atoms with Gasteiger partial charge < -0.3 is 14.7 Å². The van der Waals surface area contributed by atoms with Gasteiger partial charge in [0.1, 0.15) is 30.5 Å². The molecule has 1 aliphatic rings. The molecule has 2 aromatic carbocycles. The fourth-order valence-electron chi connectivity index (χ4n) is 4.68. The summed E-state index contributed by atoms with van der Waals surface area (Å²) < 4.78 is 7.89. The van der Waals surface area contributed by atoms with Crippen molar-refractivity contribution in [3.05, 3.63) is 120 Å². The van der Waals surface area contributed by atoms with Gasteiger partial charge in [0.15, 0.2) is 0 Å². The van der Waals surface area contributed by atoms with Gasteiger partial charge in [-0.25, -0.2) is 4.57 Å². The van der Waals surface area contributed by atoms with E-state index in [0.717, 1.165) is 11.1 Å². The molecule has 0 aliphatic carbocycles. The number of ketones is 1. The number of ether oxygens (including phenoxy) is 1. The number of rotatable bonds is 9. The highest BCUT2D eigenvalue weighted by atomic mass is 16.5. The highest BCUT2D eigenvalue weighted by Gasteiger charge is 2.45. The van der Waals surface area contributed by atoms with E-state index >= 15 is 0 Å². The molecule has 8 heteroatoms. The molecule has 192 valence electrons. The molecule has 4 aromatic rings. The van der Waals surface area contributed by atoms with Crippen LogP contribution in [0.4, 0.5) is 0 Å². The average Bonchev–Trinajstić information content (AvgIpc) is 3.55. The number of aromatic amines is 1. The zero-order valence-corrected chi connectivity index (χ0v) is 21.1. The summed E-state index contributed by atoms with van der Waals surface area (Å²) in [6.45, 7) is 3.50. The largest absolute Gasteiger partial charge is 0.507 e. The first kappa shape index (κ1) is 25.0. The van der Waals surface area contributed by atoms with Gasteiger partial charge in [0.05, 0.1) is 18.2 Å². The van der Waals surface area contributed by atoms with Crippen molar-refractivity contribution in [1.29, 1.82) is 0 Å². The minimum Gasteiger partial charge on any atom is -0.507 e. The molecule has 1 fully saturated rings. The molecule has 1 amide bonds. The topological polar surface area (TPSA) is 99.4 Å². The number of hydrogen-bond acceptors (Lipinski definition) is 5. The van der Waals surface area contributed by atoms with Crippen molar-refractivity contribution in [2.45, 2.75) is 32.5 Å². The molecular formula is C30H29N4O4+. The van der Waals surface area contributed by atoms with Gasteiger partial charge in [-0.05, 0) is 60.0 Å². The van der Waals surface area contributed by atoms with E-state index in [9.17, 15) is 14.7 Å². The second kappa shape index (κ2) is 11.1. The quantitative estimate of drug-likeness (QED) is 0.153. The fourth-order valence-corrected chi connectivity index (χ4v) is 4.68. The van der Waals surface area contributed by atoms with Gasteiger partial charge in [-0.3, -0.25) is 19.6 Å². The summed E-state index contributed by atoms with van der Waals surface area (Å²) in [6.07, 6.45) is 9.44. The minimum absolute atomic E-state index is 0.0732. The van der Waals surface area contributed by atoms with Crippen LogP contribution in [0.25, 0.3) is 5.76 Å². The van der Waals surface area contributed by atoms with Crippen LogP contribution in [0.5, 0.6) is 5.75 Å². The summed E-state index contributed by atoms with van der Waals surface area (Å²) in [5.74, 6) is -0.888. The minimum atomic E-state index is -0.703. The Labute approximate surface area is 220 Å². The normalized spacial score (nSPS) is 16.7. The van der Waals surface area contributed by atoms with Crippen LogP contribution in [0.1, 0.15) is 34.7 Å². The third-order valence-corrected chi connectivity index (χ3v) is 6.76. The Bertz CT molecular complexity index is 1450. The summed E-state index contributed by atoms with van der Waals surface area (Å²) in [7, 11) is 0. The molecule has 2 aromatic heterocycles. The van der Waals surface area contributed by atoms with Gasteiger partial charge in [-0.15, -0.1) is 0 Å². The average molecular weight is 510 g/mol. The molecule has 1 unspecified atom stereocenters. The summed E-state index contributed by atoms with van der Waals surface area (Å²) >= 11 is 0. The lowest BCUT2D eigenvalue weighted by molar-refractivity contribution is -0.695. The van der Waals surface area contributed by atoms with E-state index in [-0.39, 0.29) is 11.3 Å². The number of Topliss-reactive ketones (excluding diaryl/α,β-unsaturated/α-hetero) is 1. The van der Waals surface area contributed by atoms with E-state index in [0.29, 0.717) is 43.0 Å². The van der Waals surface area contributed by atoms with Crippen LogP contribution in [-0.2, 0) is 22.7 Å². The Morgan fingerprint density at radius 2 is 1.84 bits per heavy atom. The number of aromatic nitrogens is 3. The number of aliphatic hydroxyl groups is 1. The zero-order chi connectivity index (χ0) is 26.5. The lowest BCUT2D eigenvalue weighted by atomic mass is 9.96. The molecule has 1 saturated heterocycles. The second-order valence-corrected chi connectivity index (χ2v) is 9.22. The molecule has 8 nitrogen and oxygen atoms in total. The number of nitrogens with zero attached hydrogens (tertiary/aromatic N) is 3. The molecule has 0 bridgehead atoms. The van der Waals surface area contributed by atoms with Crippen LogP contribution >= 0.6 is 0 Å². The first-order valence-electron chi connectivity index (χ1n) is 12.5. The van der Waals surface area contributed by atoms with Crippen molar-refractivity contribution in [2.24, 2.45) is 0 Å². The highest BCUT2D eigenvalue weighted by Crippen LogP contribution is 2.39. The molecule has 5 rings (SSSR count). The molecule has 0 saturated carbocycles. The number of nitrogens with one attached hydrogen (secondary N) is 1. The van der Waals surface area contributed by atoms with Crippen LogP contribution < -0.4 is 9.30 Å². The van der Waals surface area contributed by atoms with Crippen LogP contribution in [-0.4, -0.2) is 38.2 Å². The van der Waals surface area contributed by atoms with Gasteiger partial charge in [-0.1, -0.05) is 24.3 Å². The molecule has 38 heavy (non-hydrogen) atoms. The summed E-state index contributed by atoms with van der Waals surface area (Å²) in [5.41, 5.74) is 3.46. The summed E-state index contributed by atoms with van der Waals surface area (Å²) in [5, 5.41) is 11.3. The number of amides is 1. The highest BCUT2D eigenvalue weighted by molar-refractivity contribution is 6.46. The predicted octanol–water partition coefficient (Wildman–Crippen LogP) is 4.10. The number of H-pyrrole nitrogens is 1. The third-order valence-electron chi connectivity index (χ3n) is 6.76. The first-order chi connectivity index (χ1) is 18.5. The number of likely N-dealkylation sites (tertiary alicyclic amines) is 1. The maximum Gasteiger partial charge on any atom is 0.295 e. The number of carbonyl (C=O) groups is 2. The molecule has 0 radical (unpaired) electrons. The van der Waals surface area contributed by atoms with Gasteiger partial charge in [0, 0.05) is 30.9 Å². The lowest BCUT2D eigenvalue weighted by Gasteiger charge is -2.25. The first-order valence-corrected chi connectivity index (χ1v) is 12.5. The molecule has 3 heterocycles. The number of aliphatic hydroxyl groups excluding tert-OH is 1. The van der Waals surface area contributed by atoms with E-state index in [1.54, 1.807) is 48.8 Å². The van der Waals surface area contributed by atoms with Crippen molar-refractivity contribution in [2.75, 3.05) is 6.54 Å². The number of benzene rings is 2. The van der Waals surface area contributed by atoms with E-state index in [4.69, 9.17) is 4.74 Å². The van der Waals surface area contributed by atoms with E-state index in [2.05, 4.69) is 9.97 Å². The van der Waals surface area contributed by atoms with Crippen molar-refractivity contribution >= 4 is 17.4 Å². The number of aryl methyl sites for hydroxylation is 2. The van der Waals surface area contributed by atoms with Gasteiger partial charge >= 0.3 is 0 Å². The van der Waals surface area contributed by atoms with Gasteiger partial charge in [-0.2, -0.15) is 0 Å². The maximum absolute atomic E-state index is 13.2. The lowest BCUT2D eigenvalue weighted by Crippen LogP contribution is -2.36. The standard InChI is InChI=1S/C30H28N4O4/c1-21-5-2-3-6-24(21)19-38-25-9-7-23(8-10-25)28(35)26-27(22-11-13-31-14-12-22)34(30(37)29(26)36)17-4-16-33-18-15-32-20-33/h2-3,5-15,18,20,27H,4,16-17,19H2,1H3,(H,35,36)/p+1. The summed E-state index contributed by atoms with van der Waals surface area (Å²) in [4.78, 5) is 34.9. The third kappa shape index (κ3) is 5.20. The van der Waals surface area contributed by atoms with Crippen molar-refractivity contribution in [1.82, 2.24) is 14.9 Å². The predicted molar refractivity (Wildman–Crippen MR) is 141 cm³/mol. The van der Waals surface area contributed by atoms with Gasteiger partial charge in [0.2, 0.25) is 6.33 Å². The maximum atomic E-state index is 13.2. The Morgan fingerprint density at radius 3 is 2.55 bits per heavy atom. The Kier molecular flexibility index (Phi) is 7.31. The Balaban J connectivity index is 1.40. The number of carbonyl (C=O) groups excluding carboxylic acids is 2. The van der Waals surface area contributed by atoms with E-state index in [1.807, 2.05) is 54.5 Å². The molecule has 2 N–H and O–H groups in total. The van der Waals surface area contributed by atoms with E-state index in [1.165, 1.54) is 4.90 Å². The SMILES string of the molecule is Cc1ccccc1COc1ccc(C(O)=C2C(=O)C(=O)N(CCC[n+]3cc[nH]c3)C2c2ccncc2)cc1. The second-order valence-electron chi connectivity index (χ2n) is 9.22. The molecule has 0 spiro atoms.